The van der Waals surface area contributed by atoms with Crippen molar-refractivity contribution in [2.75, 3.05) is 29.9 Å². The van der Waals surface area contributed by atoms with Crippen molar-refractivity contribution in [1.29, 1.82) is 0 Å². The number of amides is 1. The zero-order valence-electron chi connectivity index (χ0n) is 26.4. The maximum atomic E-state index is 14.3. The normalized spacial score (nSPS) is 21.6. The lowest BCUT2D eigenvalue weighted by molar-refractivity contribution is 0.0881. The summed E-state index contributed by atoms with van der Waals surface area (Å²) in [5, 5.41) is 0.756. The Bertz CT molecular complexity index is 1370. The van der Waals surface area contributed by atoms with E-state index in [9.17, 15) is 4.79 Å². The third-order valence-corrected chi connectivity index (χ3v) is 9.20. The molecule has 2 aliphatic heterocycles. The number of aromatic nitrogens is 2. The molecule has 0 saturated carbocycles. The average Bonchev–Trinajstić information content (AvgIpc) is 3.25. The Labute approximate surface area is 257 Å². The lowest BCUT2D eigenvalue weighted by atomic mass is 9.89. The fourth-order valence-electron chi connectivity index (χ4n) is 6.11. The summed E-state index contributed by atoms with van der Waals surface area (Å²) >= 11 is 1.35. The molecule has 6 nitrogen and oxygen atoms in total. The summed E-state index contributed by atoms with van der Waals surface area (Å²) < 4.78 is 1.75. The molecule has 2 aliphatic rings. The number of rotatable bonds is 5. The van der Waals surface area contributed by atoms with Gasteiger partial charge in [-0.2, -0.15) is 0 Å². The number of anilines is 2. The van der Waals surface area contributed by atoms with Crippen molar-refractivity contribution in [3.63, 3.8) is 0 Å². The Hall–Kier alpha value is -3.32. The van der Waals surface area contributed by atoms with Crippen LogP contribution in [0.15, 0.2) is 84.5 Å². The minimum absolute atomic E-state index is 0.0836. The Morgan fingerprint density at radius 1 is 1.14 bits per heavy atom. The van der Waals surface area contributed by atoms with Gasteiger partial charge in [0, 0.05) is 42.2 Å². The van der Waals surface area contributed by atoms with Crippen molar-refractivity contribution < 1.29 is 4.79 Å². The number of likely N-dealkylation sites (N-methyl/N-ethyl adjacent to an activating group) is 1. The van der Waals surface area contributed by atoms with Crippen LogP contribution in [0.4, 0.5) is 11.6 Å². The van der Waals surface area contributed by atoms with E-state index in [2.05, 4.69) is 89.8 Å². The molecular formula is C35H47N5OS. The van der Waals surface area contributed by atoms with Gasteiger partial charge >= 0.3 is 0 Å². The zero-order chi connectivity index (χ0) is 30.7. The molecule has 42 heavy (non-hydrogen) atoms. The van der Waals surface area contributed by atoms with E-state index in [1.54, 1.807) is 10.4 Å². The lowest BCUT2D eigenvalue weighted by Crippen LogP contribution is -2.41. The highest BCUT2D eigenvalue weighted by Crippen LogP contribution is 2.42. The highest BCUT2D eigenvalue weighted by Gasteiger charge is 2.42. The van der Waals surface area contributed by atoms with Gasteiger partial charge in [-0.1, -0.05) is 63.8 Å². The van der Waals surface area contributed by atoms with Gasteiger partial charge in [-0.05, 0) is 75.8 Å². The maximum Gasteiger partial charge on any atom is 0.268 e. The highest BCUT2D eigenvalue weighted by atomic mass is 32.2. The molecule has 4 rings (SSSR count). The number of allylic oxidation sites excluding steroid dienone is 3. The first-order chi connectivity index (χ1) is 19.9. The number of pyridine rings is 2. The molecule has 2 atom stereocenters. The van der Waals surface area contributed by atoms with Gasteiger partial charge in [0.15, 0.2) is 0 Å². The molecule has 1 saturated heterocycles. The van der Waals surface area contributed by atoms with Gasteiger partial charge < -0.3 is 9.80 Å². The van der Waals surface area contributed by atoms with Gasteiger partial charge in [0.2, 0.25) is 0 Å². The molecule has 2 aromatic rings. The predicted molar refractivity (Wildman–Crippen MR) is 178 cm³/mol. The molecule has 0 N–H and O–H groups in total. The van der Waals surface area contributed by atoms with Crippen LogP contribution in [0, 0.1) is 5.92 Å². The number of nitrogens with zero attached hydrogens (tertiary/aromatic N) is 5. The highest BCUT2D eigenvalue weighted by molar-refractivity contribution is 7.97. The minimum Gasteiger partial charge on any atom is -0.353 e. The van der Waals surface area contributed by atoms with E-state index < -0.39 is 0 Å². The summed E-state index contributed by atoms with van der Waals surface area (Å²) in [6.45, 7) is 22.3. The summed E-state index contributed by atoms with van der Waals surface area (Å²) in [7, 11) is 2.12. The third-order valence-electron chi connectivity index (χ3n) is 8.25. The second-order valence-corrected chi connectivity index (χ2v) is 14.0. The van der Waals surface area contributed by atoms with Crippen molar-refractivity contribution >= 4 is 29.5 Å². The van der Waals surface area contributed by atoms with Crippen molar-refractivity contribution in [3.05, 3.63) is 90.7 Å². The smallest absolute Gasteiger partial charge is 0.268 e. The molecule has 0 aliphatic carbocycles. The van der Waals surface area contributed by atoms with Crippen LogP contribution in [-0.2, 0) is 5.41 Å². The predicted octanol–water partition coefficient (Wildman–Crippen LogP) is 8.00. The second-order valence-electron chi connectivity index (χ2n) is 13.0. The van der Waals surface area contributed by atoms with Gasteiger partial charge in [0.05, 0.1) is 18.2 Å². The van der Waals surface area contributed by atoms with E-state index in [4.69, 9.17) is 9.97 Å². The largest absolute Gasteiger partial charge is 0.353 e. The molecule has 2 unspecified atom stereocenters. The molecule has 224 valence electrons. The zero-order valence-corrected chi connectivity index (χ0v) is 27.2. The minimum atomic E-state index is -0.146. The van der Waals surface area contributed by atoms with Gasteiger partial charge in [-0.3, -0.25) is 9.10 Å². The summed E-state index contributed by atoms with van der Waals surface area (Å²) in [4.78, 5) is 29.2. The Morgan fingerprint density at radius 2 is 1.90 bits per heavy atom. The molecular weight excluding hydrogens is 538 g/mol. The van der Waals surface area contributed by atoms with E-state index in [1.165, 1.54) is 17.5 Å². The van der Waals surface area contributed by atoms with Crippen molar-refractivity contribution in [1.82, 2.24) is 14.3 Å². The van der Waals surface area contributed by atoms with E-state index in [1.807, 2.05) is 36.4 Å². The molecule has 1 amide bonds. The van der Waals surface area contributed by atoms with Gasteiger partial charge in [-0.15, -0.1) is 6.58 Å². The Morgan fingerprint density at radius 3 is 2.57 bits per heavy atom. The first kappa shape index (κ1) is 31.6. The molecule has 4 heterocycles. The molecule has 2 aromatic heterocycles. The van der Waals surface area contributed by atoms with E-state index in [-0.39, 0.29) is 22.9 Å². The van der Waals surface area contributed by atoms with Gasteiger partial charge in [0.1, 0.15) is 16.7 Å². The molecule has 7 heteroatoms. The summed E-state index contributed by atoms with van der Waals surface area (Å²) in [6.07, 6.45) is 13.1. The Balaban J connectivity index is 1.89. The van der Waals surface area contributed by atoms with Crippen molar-refractivity contribution in [3.8, 4) is 0 Å². The lowest BCUT2D eigenvalue weighted by Gasteiger charge is -2.35. The number of carbonyl (C=O) groups excluding carboxylic acids is 1. The van der Waals surface area contributed by atoms with Gasteiger partial charge in [-0.25, -0.2) is 9.97 Å². The molecule has 0 spiro atoms. The first-order valence-corrected chi connectivity index (χ1v) is 15.7. The van der Waals surface area contributed by atoms with Gasteiger partial charge in [0.25, 0.3) is 5.91 Å². The van der Waals surface area contributed by atoms with Crippen molar-refractivity contribution in [2.24, 2.45) is 5.92 Å². The van der Waals surface area contributed by atoms with Crippen LogP contribution in [0.3, 0.4) is 0 Å². The summed E-state index contributed by atoms with van der Waals surface area (Å²) in [5.74, 6) is 2.02. The van der Waals surface area contributed by atoms with Crippen LogP contribution >= 0.6 is 11.9 Å². The standard InChI is InChI=1S/C35H47N5OS/c1-10-14-26(15-11-2)28-20-18-25-23-35(7,8)39(24-25)32-27(19-21-29(36-32)34(4,5)6)33(41)40(22-12-3)42-31-17-13-16-30(37-31)38(28)9/h10-17,19,21,25,28H,1,3,18,20,22-24H2,2,4-9H3/b15-11-,26-14+. The third kappa shape index (κ3) is 6.83. The van der Waals surface area contributed by atoms with E-state index in [0.29, 0.717) is 18.0 Å². The number of hydrogen-bond acceptors (Lipinski definition) is 6. The van der Waals surface area contributed by atoms with Crippen LogP contribution in [0.5, 0.6) is 0 Å². The number of carbonyl (C=O) groups is 1. The molecule has 0 radical (unpaired) electrons. The summed E-state index contributed by atoms with van der Waals surface area (Å²) in [6, 6.07) is 10.1. The van der Waals surface area contributed by atoms with Crippen LogP contribution in [0.2, 0.25) is 0 Å². The first-order valence-electron chi connectivity index (χ1n) is 14.9. The van der Waals surface area contributed by atoms with Crippen LogP contribution in [0.1, 0.15) is 76.9 Å². The van der Waals surface area contributed by atoms with Crippen LogP contribution in [0.25, 0.3) is 0 Å². The van der Waals surface area contributed by atoms with Crippen molar-refractivity contribution in [2.45, 2.75) is 82.8 Å². The Kier molecular flexibility index (Phi) is 9.71. The SMILES string of the molecule is C=C/C=C(\C=C/C)C1CCC2CN(c3nc(C(C)(C)C)ccc3C(=O)N(CC=C)Sc3cccc(n3)N1C)C(C)(C)C2. The molecule has 1 fully saturated rings. The molecule has 0 aromatic carbocycles. The van der Waals surface area contributed by atoms with Crippen LogP contribution < -0.4 is 9.80 Å². The molecule has 4 bridgehead atoms. The quantitative estimate of drug-likeness (QED) is 0.201. The summed E-state index contributed by atoms with van der Waals surface area (Å²) in [5.41, 5.74) is 2.52. The maximum absolute atomic E-state index is 14.3. The number of hydrogen-bond donors (Lipinski definition) is 0. The van der Waals surface area contributed by atoms with Crippen LogP contribution in [-0.4, -0.2) is 51.9 Å². The average molecular weight is 586 g/mol. The van der Waals surface area contributed by atoms with E-state index in [0.717, 1.165) is 48.2 Å². The fourth-order valence-corrected chi connectivity index (χ4v) is 6.97. The van der Waals surface area contributed by atoms with E-state index >= 15 is 0 Å². The second kappa shape index (κ2) is 12.9. The number of fused-ring (bicyclic) bond motifs is 6. The fraction of sp³-hybridized carbons (Fsp3) is 0.457. The monoisotopic (exact) mass is 585 g/mol. The topological polar surface area (TPSA) is 52.6 Å².